The molecule has 26 heavy (non-hydrogen) atoms. The maximum atomic E-state index is 13.6. The smallest absolute Gasteiger partial charge is 0.230 e. The van der Waals surface area contributed by atoms with Crippen LogP contribution in [-0.2, 0) is 4.79 Å². The molecule has 0 aromatic carbocycles. The van der Waals surface area contributed by atoms with Gasteiger partial charge in [-0.15, -0.1) is 0 Å². The summed E-state index contributed by atoms with van der Waals surface area (Å²) in [6.07, 6.45) is 11.8. The second-order valence-corrected chi connectivity index (χ2v) is 9.51. The molecule has 1 aromatic heterocycles. The Morgan fingerprint density at radius 2 is 2.08 bits per heavy atom. The van der Waals surface area contributed by atoms with Gasteiger partial charge in [-0.2, -0.15) is 0 Å². The summed E-state index contributed by atoms with van der Waals surface area (Å²) in [5, 5.41) is 0. The highest BCUT2D eigenvalue weighted by Crippen LogP contribution is 2.51. The van der Waals surface area contributed by atoms with E-state index in [1.54, 1.807) is 0 Å². The zero-order valence-corrected chi connectivity index (χ0v) is 16.2. The molecule has 2 saturated carbocycles. The maximum absolute atomic E-state index is 13.6. The van der Waals surface area contributed by atoms with E-state index in [2.05, 4.69) is 34.4 Å². The van der Waals surface area contributed by atoms with Crippen LogP contribution in [0, 0.1) is 11.3 Å². The van der Waals surface area contributed by atoms with Gasteiger partial charge in [0.1, 0.15) is 0 Å². The lowest BCUT2D eigenvalue weighted by Crippen LogP contribution is -2.43. The highest BCUT2D eigenvalue weighted by molar-refractivity contribution is 5.87. The third-order valence-corrected chi connectivity index (χ3v) is 7.45. The molecule has 2 aliphatic heterocycles. The largest absolute Gasteiger partial charge is 0.342 e. The molecule has 0 bridgehead atoms. The van der Waals surface area contributed by atoms with Gasteiger partial charge in [-0.1, -0.05) is 6.42 Å². The van der Waals surface area contributed by atoms with E-state index in [-0.39, 0.29) is 11.3 Å². The standard InChI is InChI=1S/C21H32N4O/c1-15(2)25-12-19(22-14-25)18-11-24(17-4-3-5-17)13-21(18)8-9-23(20(21)26)10-16-6-7-16/h12,14-18H,3-11,13H2,1-2H3/t18-,21-/m1/s1. The van der Waals surface area contributed by atoms with Gasteiger partial charge in [0.2, 0.25) is 5.91 Å². The monoisotopic (exact) mass is 356 g/mol. The first-order chi connectivity index (χ1) is 12.6. The highest BCUT2D eigenvalue weighted by atomic mass is 16.2. The summed E-state index contributed by atoms with van der Waals surface area (Å²) in [6, 6.07) is 1.12. The molecular weight excluding hydrogens is 324 g/mol. The van der Waals surface area contributed by atoms with Crippen LogP contribution in [0.2, 0.25) is 0 Å². The molecule has 1 spiro atoms. The molecule has 1 aromatic rings. The molecule has 0 radical (unpaired) electrons. The van der Waals surface area contributed by atoms with E-state index in [1.807, 2.05) is 6.33 Å². The number of hydrogen-bond donors (Lipinski definition) is 0. The van der Waals surface area contributed by atoms with Crippen LogP contribution < -0.4 is 0 Å². The fourth-order valence-corrected chi connectivity index (χ4v) is 5.28. The Kier molecular flexibility index (Phi) is 3.93. The van der Waals surface area contributed by atoms with E-state index in [1.165, 1.54) is 32.1 Å². The zero-order chi connectivity index (χ0) is 17.9. The van der Waals surface area contributed by atoms with Gasteiger partial charge < -0.3 is 9.47 Å². The Balaban J connectivity index is 1.44. The lowest BCUT2D eigenvalue weighted by atomic mass is 9.75. The van der Waals surface area contributed by atoms with E-state index in [9.17, 15) is 4.79 Å². The van der Waals surface area contributed by atoms with Gasteiger partial charge in [-0.3, -0.25) is 9.69 Å². The van der Waals surface area contributed by atoms with Crippen molar-refractivity contribution in [1.82, 2.24) is 19.4 Å². The topological polar surface area (TPSA) is 41.4 Å². The first-order valence-corrected chi connectivity index (χ1v) is 10.6. The first kappa shape index (κ1) is 16.8. The number of aromatic nitrogens is 2. The van der Waals surface area contributed by atoms with Crippen molar-refractivity contribution in [2.45, 2.75) is 70.4 Å². The summed E-state index contributed by atoms with van der Waals surface area (Å²) in [7, 11) is 0. The van der Waals surface area contributed by atoms with E-state index < -0.39 is 0 Å². The molecule has 2 atom stereocenters. The number of carbonyl (C=O) groups is 1. The van der Waals surface area contributed by atoms with Crippen molar-refractivity contribution in [1.29, 1.82) is 0 Å². The Hall–Kier alpha value is -1.36. The average molecular weight is 357 g/mol. The van der Waals surface area contributed by atoms with Crippen molar-refractivity contribution in [3.63, 3.8) is 0 Å². The van der Waals surface area contributed by atoms with Crippen LogP contribution in [0.3, 0.4) is 0 Å². The molecule has 0 unspecified atom stereocenters. The lowest BCUT2D eigenvalue weighted by Gasteiger charge is -2.35. The second-order valence-electron chi connectivity index (χ2n) is 9.51. The average Bonchev–Trinajstić information content (AvgIpc) is 3.00. The normalized spacial score (nSPS) is 33.0. The summed E-state index contributed by atoms with van der Waals surface area (Å²) in [4.78, 5) is 23.1. The minimum atomic E-state index is -0.222. The van der Waals surface area contributed by atoms with E-state index in [0.717, 1.165) is 44.2 Å². The lowest BCUT2D eigenvalue weighted by molar-refractivity contribution is -0.136. The minimum absolute atomic E-state index is 0.222. The number of likely N-dealkylation sites (tertiary alicyclic amines) is 2. The van der Waals surface area contributed by atoms with Crippen LogP contribution in [0.5, 0.6) is 0 Å². The molecule has 2 saturated heterocycles. The predicted molar refractivity (Wildman–Crippen MR) is 101 cm³/mol. The summed E-state index contributed by atoms with van der Waals surface area (Å²) in [6.45, 7) is 8.30. The van der Waals surface area contributed by atoms with Gasteiger partial charge >= 0.3 is 0 Å². The number of imidazole rings is 1. The highest BCUT2D eigenvalue weighted by Gasteiger charge is 2.59. The summed E-state index contributed by atoms with van der Waals surface area (Å²) >= 11 is 0. The predicted octanol–water partition coefficient (Wildman–Crippen LogP) is 3.04. The van der Waals surface area contributed by atoms with Crippen LogP contribution in [0.25, 0.3) is 0 Å². The summed E-state index contributed by atoms with van der Waals surface area (Å²) in [5.41, 5.74) is 0.919. The van der Waals surface area contributed by atoms with Crippen molar-refractivity contribution in [2.75, 3.05) is 26.2 Å². The molecule has 5 rings (SSSR count). The summed E-state index contributed by atoms with van der Waals surface area (Å²) < 4.78 is 2.19. The Bertz CT molecular complexity index is 690. The molecule has 142 valence electrons. The SMILES string of the molecule is CC(C)n1cnc([C@H]2CN(C3CCC3)C[C@]23CCN(CC2CC2)C3=O)c1. The third-order valence-electron chi connectivity index (χ3n) is 7.45. The van der Waals surface area contributed by atoms with Gasteiger partial charge in [0.15, 0.2) is 0 Å². The number of hydrogen-bond acceptors (Lipinski definition) is 3. The molecule has 5 heteroatoms. The minimum Gasteiger partial charge on any atom is -0.342 e. The van der Waals surface area contributed by atoms with Crippen LogP contribution in [0.1, 0.15) is 70.0 Å². The molecule has 1 amide bonds. The van der Waals surface area contributed by atoms with Crippen molar-refractivity contribution < 1.29 is 4.79 Å². The second kappa shape index (κ2) is 6.08. The molecule has 5 nitrogen and oxygen atoms in total. The van der Waals surface area contributed by atoms with E-state index in [4.69, 9.17) is 4.98 Å². The van der Waals surface area contributed by atoms with Crippen molar-refractivity contribution >= 4 is 5.91 Å². The molecule has 0 N–H and O–H groups in total. The van der Waals surface area contributed by atoms with Crippen LogP contribution in [0.4, 0.5) is 0 Å². The van der Waals surface area contributed by atoms with Gasteiger partial charge in [0.05, 0.1) is 17.4 Å². The van der Waals surface area contributed by atoms with Crippen molar-refractivity contribution in [2.24, 2.45) is 11.3 Å². The van der Waals surface area contributed by atoms with Crippen molar-refractivity contribution in [3.05, 3.63) is 18.2 Å². The molecule has 4 fully saturated rings. The first-order valence-electron chi connectivity index (χ1n) is 10.6. The number of amides is 1. The number of carbonyl (C=O) groups excluding carboxylic acids is 1. The molecule has 2 aliphatic carbocycles. The van der Waals surface area contributed by atoms with Gasteiger partial charge in [-0.25, -0.2) is 4.98 Å². The van der Waals surface area contributed by atoms with Gasteiger partial charge in [-0.05, 0) is 51.9 Å². The van der Waals surface area contributed by atoms with Crippen LogP contribution in [-0.4, -0.2) is 57.5 Å². The van der Waals surface area contributed by atoms with Crippen LogP contribution >= 0.6 is 0 Å². The van der Waals surface area contributed by atoms with Gasteiger partial charge in [0, 0.05) is 50.4 Å². The van der Waals surface area contributed by atoms with Crippen molar-refractivity contribution in [3.8, 4) is 0 Å². The third kappa shape index (κ3) is 2.62. The summed E-state index contributed by atoms with van der Waals surface area (Å²) in [5.74, 6) is 1.46. The Morgan fingerprint density at radius 1 is 1.27 bits per heavy atom. The molecule has 3 heterocycles. The van der Waals surface area contributed by atoms with E-state index >= 15 is 0 Å². The fourth-order valence-electron chi connectivity index (χ4n) is 5.28. The Labute approximate surface area is 156 Å². The van der Waals surface area contributed by atoms with Gasteiger partial charge in [0.25, 0.3) is 0 Å². The Morgan fingerprint density at radius 3 is 2.69 bits per heavy atom. The molecule has 4 aliphatic rings. The maximum Gasteiger partial charge on any atom is 0.230 e. The zero-order valence-electron chi connectivity index (χ0n) is 16.2. The number of rotatable bonds is 5. The number of nitrogens with zero attached hydrogens (tertiary/aromatic N) is 4. The fraction of sp³-hybridized carbons (Fsp3) is 0.810. The quantitative estimate of drug-likeness (QED) is 0.814. The van der Waals surface area contributed by atoms with E-state index in [0.29, 0.717) is 18.0 Å². The molecular formula is C21H32N4O. The van der Waals surface area contributed by atoms with Crippen LogP contribution in [0.15, 0.2) is 12.5 Å².